The third-order valence-electron chi connectivity index (χ3n) is 2.19. The van der Waals surface area contributed by atoms with Crippen LogP contribution in [0.3, 0.4) is 0 Å². The molecule has 1 atom stereocenters. The summed E-state index contributed by atoms with van der Waals surface area (Å²) in [6, 6.07) is 5.22. The van der Waals surface area contributed by atoms with Gasteiger partial charge in [-0.05, 0) is 24.1 Å². The molecule has 0 aliphatic heterocycles. The van der Waals surface area contributed by atoms with E-state index in [-0.39, 0.29) is 11.8 Å². The van der Waals surface area contributed by atoms with E-state index in [1.807, 2.05) is 6.92 Å². The van der Waals surface area contributed by atoms with E-state index in [0.29, 0.717) is 12.8 Å². The third-order valence-corrected chi connectivity index (χ3v) is 2.19. The van der Waals surface area contributed by atoms with E-state index >= 15 is 0 Å². The van der Waals surface area contributed by atoms with Gasteiger partial charge in [0.15, 0.2) is 0 Å². The zero-order chi connectivity index (χ0) is 12.9. The topological polar surface area (TPSA) is 38.3 Å². The summed E-state index contributed by atoms with van der Waals surface area (Å²) in [6.07, 6.45) is -3.47. The highest BCUT2D eigenvalue weighted by Crippen LogP contribution is 2.25. The maximum absolute atomic E-state index is 11.9. The Morgan fingerprint density at radius 3 is 2.35 bits per heavy atom. The van der Waals surface area contributed by atoms with Crippen LogP contribution in [0.4, 0.5) is 13.2 Å². The van der Waals surface area contributed by atoms with E-state index in [2.05, 4.69) is 10.1 Å². The highest BCUT2D eigenvalue weighted by Gasteiger charge is 2.31. The first kappa shape index (κ1) is 13.3. The van der Waals surface area contributed by atoms with Crippen LogP contribution in [-0.2, 0) is 4.79 Å². The molecule has 0 fully saturated rings. The Balaban J connectivity index is 2.76. The maximum atomic E-state index is 11.9. The summed E-state index contributed by atoms with van der Waals surface area (Å²) < 4.78 is 39.5. The molecule has 0 aliphatic rings. The minimum atomic E-state index is -4.69. The molecule has 3 nitrogen and oxygen atoms in total. The first-order valence-corrected chi connectivity index (χ1v) is 5.01. The van der Waals surface area contributed by atoms with Gasteiger partial charge in [0.25, 0.3) is 0 Å². The molecule has 6 heteroatoms. The molecule has 0 heterocycles. The second-order valence-electron chi connectivity index (χ2n) is 3.36. The number of benzene rings is 1. The summed E-state index contributed by atoms with van der Waals surface area (Å²) in [4.78, 5) is 10.3. The SMILES string of the molecule is CCC(NC=O)c1ccc(OC(F)(F)F)cc1. The van der Waals surface area contributed by atoms with Gasteiger partial charge in [-0.1, -0.05) is 19.1 Å². The normalized spacial score (nSPS) is 12.9. The van der Waals surface area contributed by atoms with Crippen molar-refractivity contribution in [1.82, 2.24) is 5.32 Å². The number of hydrogen-bond donors (Lipinski definition) is 1. The first-order chi connectivity index (χ1) is 7.96. The summed E-state index contributed by atoms with van der Waals surface area (Å²) in [7, 11) is 0. The molecule has 1 aromatic carbocycles. The van der Waals surface area contributed by atoms with Crippen LogP contribution in [0, 0.1) is 0 Å². The first-order valence-electron chi connectivity index (χ1n) is 5.01. The molecule has 1 aromatic rings. The van der Waals surface area contributed by atoms with Crippen LogP contribution in [0.1, 0.15) is 24.9 Å². The van der Waals surface area contributed by atoms with Crippen LogP contribution in [0.15, 0.2) is 24.3 Å². The van der Waals surface area contributed by atoms with Gasteiger partial charge in [-0.2, -0.15) is 0 Å². The smallest absolute Gasteiger partial charge is 0.406 e. The lowest BCUT2D eigenvalue weighted by atomic mass is 10.0. The molecular formula is C11H12F3NO2. The highest BCUT2D eigenvalue weighted by molar-refractivity contribution is 5.48. The molecular weight excluding hydrogens is 235 g/mol. The standard InChI is InChI=1S/C11H12F3NO2/c1-2-10(15-7-16)8-3-5-9(6-4-8)17-11(12,13)14/h3-7,10H,2H2,1H3,(H,15,16). The molecule has 94 valence electrons. The van der Waals surface area contributed by atoms with Crippen molar-refractivity contribution in [2.45, 2.75) is 25.7 Å². The van der Waals surface area contributed by atoms with E-state index in [1.54, 1.807) is 0 Å². The Morgan fingerprint density at radius 1 is 1.35 bits per heavy atom. The quantitative estimate of drug-likeness (QED) is 0.812. The van der Waals surface area contributed by atoms with Gasteiger partial charge in [0, 0.05) is 0 Å². The molecule has 0 aliphatic carbocycles. The predicted molar refractivity (Wildman–Crippen MR) is 55.4 cm³/mol. The summed E-state index contributed by atoms with van der Waals surface area (Å²) >= 11 is 0. The Labute approximate surface area is 96.6 Å². The molecule has 1 amide bonds. The summed E-state index contributed by atoms with van der Waals surface area (Å²) in [5, 5.41) is 2.57. The van der Waals surface area contributed by atoms with Gasteiger partial charge in [0.1, 0.15) is 5.75 Å². The number of halogens is 3. The van der Waals surface area contributed by atoms with Gasteiger partial charge in [0.2, 0.25) is 6.41 Å². The van der Waals surface area contributed by atoms with E-state index in [0.717, 1.165) is 5.56 Å². The highest BCUT2D eigenvalue weighted by atomic mass is 19.4. The molecule has 17 heavy (non-hydrogen) atoms. The van der Waals surface area contributed by atoms with Gasteiger partial charge >= 0.3 is 6.36 Å². The molecule has 0 radical (unpaired) electrons. The van der Waals surface area contributed by atoms with E-state index < -0.39 is 6.36 Å². The van der Waals surface area contributed by atoms with Crippen molar-refractivity contribution in [1.29, 1.82) is 0 Å². The van der Waals surface area contributed by atoms with Gasteiger partial charge in [-0.25, -0.2) is 0 Å². The summed E-state index contributed by atoms with van der Waals surface area (Å²) in [5.74, 6) is -0.276. The zero-order valence-electron chi connectivity index (χ0n) is 9.12. The molecule has 0 bridgehead atoms. The summed E-state index contributed by atoms with van der Waals surface area (Å²) in [6.45, 7) is 1.86. The fourth-order valence-electron chi connectivity index (χ4n) is 1.43. The average Bonchev–Trinajstić information content (AvgIpc) is 2.25. The maximum Gasteiger partial charge on any atom is 0.573 e. The fraction of sp³-hybridized carbons (Fsp3) is 0.364. The predicted octanol–water partition coefficient (Wildman–Crippen LogP) is 2.78. The van der Waals surface area contributed by atoms with Crippen molar-refractivity contribution in [2.24, 2.45) is 0 Å². The molecule has 1 unspecified atom stereocenters. The average molecular weight is 247 g/mol. The van der Waals surface area contributed by atoms with Crippen LogP contribution in [0.2, 0.25) is 0 Å². The number of amides is 1. The van der Waals surface area contributed by atoms with E-state index in [9.17, 15) is 18.0 Å². The van der Waals surface area contributed by atoms with Crippen molar-refractivity contribution in [3.8, 4) is 5.75 Å². The number of hydrogen-bond acceptors (Lipinski definition) is 2. The fourth-order valence-corrected chi connectivity index (χ4v) is 1.43. The monoisotopic (exact) mass is 247 g/mol. The van der Waals surface area contributed by atoms with Crippen molar-refractivity contribution >= 4 is 6.41 Å². The van der Waals surface area contributed by atoms with Crippen LogP contribution < -0.4 is 10.1 Å². The number of carbonyl (C=O) groups is 1. The Kier molecular flexibility index (Phi) is 4.37. The lowest BCUT2D eigenvalue weighted by Crippen LogP contribution is -2.19. The van der Waals surface area contributed by atoms with Gasteiger partial charge in [0.05, 0.1) is 6.04 Å². The molecule has 0 aromatic heterocycles. The van der Waals surface area contributed by atoms with Gasteiger partial charge in [-0.3, -0.25) is 4.79 Å². The second kappa shape index (κ2) is 5.56. The van der Waals surface area contributed by atoms with Crippen LogP contribution in [0.5, 0.6) is 5.75 Å². The lowest BCUT2D eigenvalue weighted by Gasteiger charge is -2.15. The number of carbonyl (C=O) groups excluding carboxylic acids is 1. The van der Waals surface area contributed by atoms with Gasteiger partial charge in [-0.15, -0.1) is 13.2 Å². The van der Waals surface area contributed by atoms with E-state index in [1.165, 1.54) is 24.3 Å². The lowest BCUT2D eigenvalue weighted by molar-refractivity contribution is -0.274. The number of alkyl halides is 3. The van der Waals surface area contributed by atoms with Crippen LogP contribution in [0.25, 0.3) is 0 Å². The molecule has 1 rings (SSSR count). The molecule has 1 N–H and O–H groups in total. The number of rotatable bonds is 5. The Bertz CT molecular complexity index is 362. The largest absolute Gasteiger partial charge is 0.573 e. The van der Waals surface area contributed by atoms with Crippen LogP contribution >= 0.6 is 0 Å². The Morgan fingerprint density at radius 2 is 1.94 bits per heavy atom. The van der Waals surface area contributed by atoms with Crippen molar-refractivity contribution in [3.05, 3.63) is 29.8 Å². The summed E-state index contributed by atoms with van der Waals surface area (Å²) in [5.41, 5.74) is 0.731. The molecule has 0 saturated heterocycles. The van der Waals surface area contributed by atoms with E-state index in [4.69, 9.17) is 0 Å². The zero-order valence-corrected chi connectivity index (χ0v) is 9.12. The molecule has 0 saturated carbocycles. The van der Waals surface area contributed by atoms with Crippen molar-refractivity contribution < 1.29 is 22.7 Å². The van der Waals surface area contributed by atoms with Crippen molar-refractivity contribution in [2.75, 3.05) is 0 Å². The Hall–Kier alpha value is -1.72. The van der Waals surface area contributed by atoms with Crippen molar-refractivity contribution in [3.63, 3.8) is 0 Å². The second-order valence-corrected chi connectivity index (χ2v) is 3.36. The minimum Gasteiger partial charge on any atom is -0.406 e. The number of nitrogens with one attached hydrogen (secondary N) is 1. The minimum absolute atomic E-state index is 0.201. The number of ether oxygens (including phenoxy) is 1. The van der Waals surface area contributed by atoms with Crippen LogP contribution in [-0.4, -0.2) is 12.8 Å². The van der Waals surface area contributed by atoms with Gasteiger partial charge < -0.3 is 10.1 Å². The third kappa shape index (κ3) is 4.34. The molecule has 0 spiro atoms.